The van der Waals surface area contributed by atoms with Gasteiger partial charge >= 0.3 is 0 Å². The zero-order valence-corrected chi connectivity index (χ0v) is 14.4. The van der Waals surface area contributed by atoms with Gasteiger partial charge in [-0.3, -0.25) is 4.98 Å². The molecule has 1 heterocycles. The van der Waals surface area contributed by atoms with E-state index in [2.05, 4.69) is 26.2 Å². The average molecular weight is 392 g/mol. The Morgan fingerprint density at radius 1 is 1.33 bits per heavy atom. The number of hydrogen-bond donors (Lipinski definition) is 1. The Hall–Kier alpha value is -0.680. The summed E-state index contributed by atoms with van der Waals surface area (Å²) in [7, 11) is 0. The van der Waals surface area contributed by atoms with Crippen molar-refractivity contribution in [1.82, 2.24) is 10.3 Å². The number of aromatic nitrogens is 1. The zero-order valence-electron chi connectivity index (χ0n) is 11.3. The molecule has 0 amide bonds. The molecule has 1 aromatic carbocycles. The van der Waals surface area contributed by atoms with E-state index in [9.17, 15) is 4.39 Å². The fourth-order valence-corrected chi connectivity index (χ4v) is 3.03. The summed E-state index contributed by atoms with van der Waals surface area (Å²) < 4.78 is 14.8. The molecule has 0 aliphatic carbocycles. The van der Waals surface area contributed by atoms with Crippen LogP contribution in [0.15, 0.2) is 34.9 Å². The second-order valence-electron chi connectivity index (χ2n) is 4.57. The van der Waals surface area contributed by atoms with Gasteiger partial charge in [0.2, 0.25) is 0 Å². The number of pyridine rings is 1. The van der Waals surface area contributed by atoms with Gasteiger partial charge in [-0.25, -0.2) is 4.39 Å². The molecule has 1 unspecified atom stereocenters. The van der Waals surface area contributed by atoms with Crippen LogP contribution in [-0.2, 0) is 6.42 Å². The van der Waals surface area contributed by atoms with Gasteiger partial charge in [-0.1, -0.05) is 46.1 Å². The predicted molar refractivity (Wildman–Crippen MR) is 88.5 cm³/mol. The second kappa shape index (κ2) is 7.54. The lowest BCUT2D eigenvalue weighted by atomic mass is 10.0. The Morgan fingerprint density at radius 3 is 2.76 bits per heavy atom. The average Bonchev–Trinajstić information content (AvgIpc) is 2.42. The van der Waals surface area contributed by atoms with E-state index >= 15 is 0 Å². The van der Waals surface area contributed by atoms with Crippen LogP contribution in [-0.4, -0.2) is 11.5 Å². The van der Waals surface area contributed by atoms with E-state index in [0.717, 1.165) is 11.0 Å². The number of nitrogens with zero attached hydrogens (tertiary/aromatic N) is 1. The van der Waals surface area contributed by atoms with Gasteiger partial charge in [0.25, 0.3) is 0 Å². The van der Waals surface area contributed by atoms with Gasteiger partial charge in [0, 0.05) is 10.7 Å². The minimum Gasteiger partial charge on any atom is -0.309 e. The Morgan fingerprint density at radius 2 is 2.10 bits per heavy atom. The minimum atomic E-state index is -0.244. The van der Waals surface area contributed by atoms with Crippen LogP contribution in [0.5, 0.6) is 0 Å². The van der Waals surface area contributed by atoms with Crippen molar-refractivity contribution in [2.24, 2.45) is 0 Å². The molecular weight excluding hydrogens is 378 g/mol. The molecular formula is C15H14BrCl2FN2. The molecule has 1 N–H and O–H groups in total. The van der Waals surface area contributed by atoms with E-state index in [1.54, 1.807) is 24.4 Å². The summed E-state index contributed by atoms with van der Waals surface area (Å²) >= 11 is 15.4. The molecule has 0 aliphatic rings. The summed E-state index contributed by atoms with van der Waals surface area (Å²) in [5, 5.41) is 4.24. The summed E-state index contributed by atoms with van der Waals surface area (Å²) in [6, 6.07) is 6.35. The van der Waals surface area contributed by atoms with Gasteiger partial charge in [-0.15, -0.1) is 0 Å². The minimum absolute atomic E-state index is 0.177. The normalized spacial score (nSPS) is 12.4. The van der Waals surface area contributed by atoms with E-state index in [1.807, 2.05) is 6.92 Å². The van der Waals surface area contributed by atoms with Crippen molar-refractivity contribution < 1.29 is 4.39 Å². The van der Waals surface area contributed by atoms with Crippen LogP contribution in [0.3, 0.4) is 0 Å². The van der Waals surface area contributed by atoms with Gasteiger partial charge < -0.3 is 5.32 Å². The molecule has 0 fully saturated rings. The maximum Gasteiger partial charge on any atom is 0.126 e. The molecule has 0 radical (unpaired) electrons. The van der Waals surface area contributed by atoms with Crippen LogP contribution in [0.2, 0.25) is 10.0 Å². The van der Waals surface area contributed by atoms with Gasteiger partial charge in [-0.05, 0) is 42.8 Å². The zero-order chi connectivity index (χ0) is 15.4. The van der Waals surface area contributed by atoms with E-state index < -0.39 is 0 Å². The first-order valence-electron chi connectivity index (χ1n) is 6.49. The molecule has 0 bridgehead atoms. The third-order valence-corrected chi connectivity index (χ3v) is 4.05. The third-order valence-electron chi connectivity index (χ3n) is 3.05. The lowest BCUT2D eigenvalue weighted by molar-refractivity contribution is 0.518. The smallest absolute Gasteiger partial charge is 0.126 e. The summed E-state index contributed by atoms with van der Waals surface area (Å²) in [4.78, 5) is 4.28. The summed E-state index contributed by atoms with van der Waals surface area (Å²) in [6.07, 6.45) is 2.00. The first-order chi connectivity index (χ1) is 10.0. The Bertz CT molecular complexity index is 637. The second-order valence-corrected chi connectivity index (χ2v) is 6.33. The SMILES string of the molecule is CCNC(Cc1cc(Br)ccc1F)c1ncc(Cl)cc1Cl. The van der Waals surface area contributed by atoms with Crippen LogP contribution in [0.4, 0.5) is 4.39 Å². The number of nitrogens with one attached hydrogen (secondary N) is 1. The summed E-state index contributed by atoms with van der Waals surface area (Å²) in [6.45, 7) is 2.70. The summed E-state index contributed by atoms with van der Waals surface area (Å²) in [5.41, 5.74) is 1.27. The van der Waals surface area contributed by atoms with E-state index in [-0.39, 0.29) is 11.9 Å². The first kappa shape index (κ1) is 16.7. The first-order valence-corrected chi connectivity index (χ1v) is 8.04. The molecule has 0 aliphatic heterocycles. The lowest BCUT2D eigenvalue weighted by Crippen LogP contribution is -2.24. The van der Waals surface area contributed by atoms with Crippen molar-refractivity contribution >= 4 is 39.1 Å². The molecule has 2 aromatic rings. The molecule has 0 saturated heterocycles. The molecule has 2 rings (SSSR count). The largest absolute Gasteiger partial charge is 0.309 e. The van der Waals surface area contributed by atoms with Crippen LogP contribution in [0.1, 0.15) is 24.2 Å². The molecule has 2 nitrogen and oxygen atoms in total. The van der Waals surface area contributed by atoms with Crippen LogP contribution in [0, 0.1) is 5.82 Å². The van der Waals surface area contributed by atoms with Crippen LogP contribution < -0.4 is 5.32 Å². The topological polar surface area (TPSA) is 24.9 Å². The molecule has 21 heavy (non-hydrogen) atoms. The summed E-state index contributed by atoms with van der Waals surface area (Å²) in [5.74, 6) is -0.244. The van der Waals surface area contributed by atoms with Crippen molar-refractivity contribution in [2.45, 2.75) is 19.4 Å². The molecule has 1 atom stereocenters. The van der Waals surface area contributed by atoms with Crippen molar-refractivity contribution in [3.63, 3.8) is 0 Å². The fourth-order valence-electron chi connectivity index (χ4n) is 2.11. The van der Waals surface area contributed by atoms with Crippen LogP contribution in [0.25, 0.3) is 0 Å². The number of halogens is 4. The van der Waals surface area contributed by atoms with Crippen molar-refractivity contribution in [3.8, 4) is 0 Å². The monoisotopic (exact) mass is 390 g/mol. The molecule has 112 valence electrons. The molecule has 0 spiro atoms. The number of hydrogen-bond acceptors (Lipinski definition) is 2. The highest BCUT2D eigenvalue weighted by Crippen LogP contribution is 2.27. The maximum absolute atomic E-state index is 13.9. The highest BCUT2D eigenvalue weighted by molar-refractivity contribution is 9.10. The van der Waals surface area contributed by atoms with Crippen molar-refractivity contribution in [1.29, 1.82) is 0 Å². The van der Waals surface area contributed by atoms with E-state index in [0.29, 0.717) is 27.7 Å². The number of likely N-dealkylation sites (N-methyl/N-ethyl adjacent to an activating group) is 1. The highest BCUT2D eigenvalue weighted by atomic mass is 79.9. The Kier molecular flexibility index (Phi) is 5.99. The van der Waals surface area contributed by atoms with Crippen molar-refractivity contribution in [2.75, 3.05) is 6.54 Å². The fraction of sp³-hybridized carbons (Fsp3) is 0.267. The predicted octanol–water partition coefficient (Wildman–Crippen LogP) is 5.18. The van der Waals surface area contributed by atoms with E-state index in [4.69, 9.17) is 23.2 Å². The van der Waals surface area contributed by atoms with Gasteiger partial charge in [0.15, 0.2) is 0 Å². The van der Waals surface area contributed by atoms with Gasteiger partial charge in [0.05, 0.1) is 21.8 Å². The molecule has 0 saturated carbocycles. The van der Waals surface area contributed by atoms with Gasteiger partial charge in [-0.2, -0.15) is 0 Å². The van der Waals surface area contributed by atoms with E-state index in [1.165, 1.54) is 6.07 Å². The standard InChI is InChI=1S/C15H14BrCl2FN2/c1-2-20-14(15-12(18)7-11(17)8-21-15)6-9-5-10(16)3-4-13(9)19/h3-5,7-8,14,20H,2,6H2,1H3. The van der Waals surface area contributed by atoms with Crippen molar-refractivity contribution in [3.05, 3.63) is 62.1 Å². The lowest BCUT2D eigenvalue weighted by Gasteiger charge is -2.19. The molecule has 6 heteroatoms. The number of benzene rings is 1. The third kappa shape index (κ3) is 4.39. The molecule has 1 aromatic heterocycles. The maximum atomic E-state index is 13.9. The van der Waals surface area contributed by atoms with Crippen LogP contribution >= 0.6 is 39.1 Å². The highest BCUT2D eigenvalue weighted by Gasteiger charge is 2.18. The number of rotatable bonds is 5. The quantitative estimate of drug-likeness (QED) is 0.759. The Balaban J connectivity index is 2.32. The Labute approximate surface area is 141 Å². The van der Waals surface area contributed by atoms with Gasteiger partial charge in [0.1, 0.15) is 5.82 Å².